The lowest BCUT2D eigenvalue weighted by Crippen LogP contribution is -2.46. The topological polar surface area (TPSA) is 94.8 Å². The summed E-state index contributed by atoms with van der Waals surface area (Å²) < 4.78 is 11.0. The molecule has 0 spiro atoms. The van der Waals surface area contributed by atoms with Crippen LogP contribution in [0.3, 0.4) is 0 Å². The minimum absolute atomic E-state index is 0.0199. The van der Waals surface area contributed by atoms with Crippen molar-refractivity contribution in [2.75, 3.05) is 13.1 Å². The van der Waals surface area contributed by atoms with Crippen molar-refractivity contribution >= 4 is 11.8 Å². The fourth-order valence-electron chi connectivity index (χ4n) is 2.30. The predicted molar refractivity (Wildman–Crippen MR) is 82.3 cm³/mol. The molecule has 1 fully saturated rings. The van der Waals surface area contributed by atoms with Gasteiger partial charge in [0.25, 0.3) is 5.88 Å². The van der Waals surface area contributed by atoms with E-state index in [0.717, 1.165) is 6.42 Å². The van der Waals surface area contributed by atoms with Crippen LogP contribution in [-0.4, -0.2) is 45.7 Å². The Balaban J connectivity index is 2.02. The van der Waals surface area contributed by atoms with Gasteiger partial charge in [-0.3, -0.25) is 10.1 Å². The number of likely N-dealkylation sites (tertiary alicyclic amines) is 1. The molecule has 1 amide bonds. The highest BCUT2D eigenvalue weighted by Gasteiger charge is 2.30. The van der Waals surface area contributed by atoms with Crippen molar-refractivity contribution in [3.05, 3.63) is 28.4 Å². The van der Waals surface area contributed by atoms with E-state index >= 15 is 0 Å². The maximum atomic E-state index is 12.1. The Labute approximate surface area is 134 Å². The van der Waals surface area contributed by atoms with Gasteiger partial charge < -0.3 is 14.4 Å². The highest BCUT2D eigenvalue weighted by molar-refractivity contribution is 5.68. The summed E-state index contributed by atoms with van der Waals surface area (Å²) in [6.07, 6.45) is 2.14. The summed E-state index contributed by atoms with van der Waals surface area (Å²) in [5.74, 6) is -0.0199. The first-order chi connectivity index (χ1) is 10.8. The molecule has 126 valence electrons. The third kappa shape index (κ3) is 4.80. The summed E-state index contributed by atoms with van der Waals surface area (Å²) in [4.78, 5) is 28.1. The third-order valence-corrected chi connectivity index (χ3v) is 3.26. The van der Waals surface area contributed by atoms with Crippen molar-refractivity contribution in [2.24, 2.45) is 0 Å². The molecule has 1 aliphatic rings. The summed E-state index contributed by atoms with van der Waals surface area (Å²) >= 11 is 0. The average Bonchev–Trinajstić information content (AvgIpc) is 2.46. The Morgan fingerprint density at radius 1 is 1.48 bits per heavy atom. The number of piperidine rings is 1. The van der Waals surface area contributed by atoms with Crippen LogP contribution in [-0.2, 0) is 4.74 Å². The minimum Gasteiger partial charge on any atom is -0.468 e. The van der Waals surface area contributed by atoms with E-state index in [1.54, 1.807) is 25.7 Å². The first-order valence-corrected chi connectivity index (χ1v) is 7.50. The maximum absolute atomic E-state index is 12.1. The summed E-state index contributed by atoms with van der Waals surface area (Å²) in [7, 11) is 0. The largest absolute Gasteiger partial charge is 0.468 e. The Hall–Kier alpha value is -2.38. The molecule has 1 saturated heterocycles. The summed E-state index contributed by atoms with van der Waals surface area (Å²) in [6.45, 7) is 6.32. The third-order valence-electron chi connectivity index (χ3n) is 3.26. The van der Waals surface area contributed by atoms with Crippen LogP contribution in [0.25, 0.3) is 0 Å². The van der Waals surface area contributed by atoms with Crippen LogP contribution in [0.4, 0.5) is 10.5 Å². The van der Waals surface area contributed by atoms with Crippen molar-refractivity contribution in [1.82, 2.24) is 9.88 Å². The van der Waals surface area contributed by atoms with Gasteiger partial charge >= 0.3 is 11.8 Å². The fraction of sp³-hybridized carbons (Fsp3) is 0.600. The first kappa shape index (κ1) is 17.0. The maximum Gasteiger partial charge on any atom is 0.410 e. The van der Waals surface area contributed by atoms with Gasteiger partial charge in [0.15, 0.2) is 0 Å². The highest BCUT2D eigenvalue weighted by Crippen LogP contribution is 2.26. The van der Waals surface area contributed by atoms with E-state index in [1.165, 1.54) is 18.3 Å². The molecule has 8 nitrogen and oxygen atoms in total. The number of ether oxygens (including phenoxy) is 2. The molecule has 0 saturated carbocycles. The van der Waals surface area contributed by atoms with Crippen LogP contribution in [0.1, 0.15) is 33.6 Å². The van der Waals surface area contributed by atoms with Crippen LogP contribution >= 0.6 is 0 Å². The molecule has 23 heavy (non-hydrogen) atoms. The molecule has 1 aromatic heterocycles. The number of rotatable bonds is 3. The second kappa shape index (κ2) is 6.80. The van der Waals surface area contributed by atoms with Gasteiger partial charge in [-0.15, -0.1) is 0 Å². The molecule has 1 aliphatic heterocycles. The molecule has 0 N–H and O–H groups in total. The standard InChI is InChI=1S/C15H21N3O5/c1-15(2,3)23-14(19)17-9-5-6-11(10-17)22-13-12(18(20)21)7-4-8-16-13/h4,7-8,11H,5-6,9-10H2,1-3H3/t11-/m0/s1. The normalized spacial score (nSPS) is 18.4. The van der Waals surface area contributed by atoms with E-state index < -0.39 is 16.6 Å². The summed E-state index contributed by atoms with van der Waals surface area (Å²) in [6, 6.07) is 2.83. The Kier molecular flexibility index (Phi) is 5.02. The Bertz CT molecular complexity index is 585. The number of nitro groups is 1. The summed E-state index contributed by atoms with van der Waals surface area (Å²) in [5.41, 5.74) is -0.744. The van der Waals surface area contributed by atoms with Gasteiger partial charge in [-0.1, -0.05) is 0 Å². The fourth-order valence-corrected chi connectivity index (χ4v) is 2.30. The molecule has 0 unspecified atom stereocenters. The van der Waals surface area contributed by atoms with Crippen LogP contribution in [0.5, 0.6) is 5.88 Å². The number of pyridine rings is 1. The van der Waals surface area contributed by atoms with Gasteiger partial charge in [0.05, 0.1) is 11.5 Å². The molecule has 0 aliphatic carbocycles. The van der Waals surface area contributed by atoms with E-state index in [-0.39, 0.29) is 17.7 Å². The number of hydrogen-bond donors (Lipinski definition) is 0. The molecular formula is C15H21N3O5. The molecule has 2 heterocycles. The number of carbonyl (C=O) groups is 1. The number of hydrogen-bond acceptors (Lipinski definition) is 6. The number of amides is 1. The second-order valence-electron chi connectivity index (χ2n) is 6.39. The number of aromatic nitrogens is 1. The summed E-state index contributed by atoms with van der Waals surface area (Å²) in [5, 5.41) is 11.0. The molecule has 8 heteroatoms. The van der Waals surface area contributed by atoms with E-state index in [1.807, 2.05) is 0 Å². The van der Waals surface area contributed by atoms with Crippen molar-refractivity contribution in [3.8, 4) is 5.88 Å². The quantitative estimate of drug-likeness (QED) is 0.627. The van der Waals surface area contributed by atoms with E-state index in [0.29, 0.717) is 19.5 Å². The lowest BCUT2D eigenvalue weighted by Gasteiger charge is -2.33. The molecule has 2 rings (SSSR count). The zero-order valence-electron chi connectivity index (χ0n) is 13.5. The SMILES string of the molecule is CC(C)(C)OC(=O)N1CCC[C@H](Oc2ncccc2[N+](=O)[O-])C1. The predicted octanol–water partition coefficient (Wildman–Crippen LogP) is 2.77. The van der Waals surface area contributed by atoms with Gasteiger partial charge in [-0.2, -0.15) is 0 Å². The van der Waals surface area contributed by atoms with Gasteiger partial charge in [-0.05, 0) is 39.7 Å². The smallest absolute Gasteiger partial charge is 0.410 e. The molecule has 0 aromatic carbocycles. The molecular weight excluding hydrogens is 302 g/mol. The van der Waals surface area contributed by atoms with Gasteiger partial charge in [-0.25, -0.2) is 9.78 Å². The van der Waals surface area contributed by atoms with Crippen LogP contribution < -0.4 is 4.74 Å². The van der Waals surface area contributed by atoms with Crippen molar-refractivity contribution in [1.29, 1.82) is 0 Å². The van der Waals surface area contributed by atoms with E-state index in [9.17, 15) is 14.9 Å². The molecule has 1 aromatic rings. The van der Waals surface area contributed by atoms with Gasteiger partial charge in [0, 0.05) is 18.8 Å². The average molecular weight is 323 g/mol. The zero-order chi connectivity index (χ0) is 17.0. The van der Waals surface area contributed by atoms with E-state index in [4.69, 9.17) is 9.47 Å². The highest BCUT2D eigenvalue weighted by atomic mass is 16.6. The molecule has 0 radical (unpaired) electrons. The Morgan fingerprint density at radius 3 is 2.87 bits per heavy atom. The van der Waals surface area contributed by atoms with Crippen LogP contribution in [0, 0.1) is 10.1 Å². The van der Waals surface area contributed by atoms with Crippen molar-refractivity contribution in [3.63, 3.8) is 0 Å². The minimum atomic E-state index is -0.565. The lowest BCUT2D eigenvalue weighted by atomic mass is 10.1. The lowest BCUT2D eigenvalue weighted by molar-refractivity contribution is -0.386. The molecule has 1 atom stereocenters. The van der Waals surface area contributed by atoms with Crippen molar-refractivity contribution < 1.29 is 19.2 Å². The van der Waals surface area contributed by atoms with Gasteiger partial charge in [0.2, 0.25) is 0 Å². The van der Waals surface area contributed by atoms with E-state index in [2.05, 4.69) is 4.98 Å². The molecule has 0 bridgehead atoms. The van der Waals surface area contributed by atoms with Crippen LogP contribution in [0.15, 0.2) is 18.3 Å². The van der Waals surface area contributed by atoms with Gasteiger partial charge in [0.1, 0.15) is 11.7 Å². The van der Waals surface area contributed by atoms with Crippen molar-refractivity contribution in [2.45, 2.75) is 45.3 Å². The number of nitrogens with zero attached hydrogens (tertiary/aromatic N) is 3. The zero-order valence-corrected chi connectivity index (χ0v) is 13.5. The monoisotopic (exact) mass is 323 g/mol. The number of carbonyl (C=O) groups excluding carboxylic acids is 1. The second-order valence-corrected chi connectivity index (χ2v) is 6.39. The Morgan fingerprint density at radius 2 is 2.22 bits per heavy atom. The van der Waals surface area contributed by atoms with Crippen LogP contribution in [0.2, 0.25) is 0 Å². The first-order valence-electron chi connectivity index (χ1n) is 7.50.